The predicted molar refractivity (Wildman–Crippen MR) is 102 cm³/mol. The van der Waals surface area contributed by atoms with Crippen LogP contribution < -0.4 is 9.47 Å². The Morgan fingerprint density at radius 3 is 1.72 bits per heavy atom. The lowest BCUT2D eigenvalue weighted by Crippen LogP contribution is -2.45. The molecular formula is C20H25ClN2O2. The molecule has 1 aliphatic heterocycles. The summed E-state index contributed by atoms with van der Waals surface area (Å²) < 4.78 is 10.7. The second-order valence-electron chi connectivity index (χ2n) is 6.40. The van der Waals surface area contributed by atoms with Crippen molar-refractivity contribution in [1.82, 2.24) is 9.80 Å². The van der Waals surface area contributed by atoms with Gasteiger partial charge in [0.25, 0.3) is 0 Å². The fourth-order valence-electron chi connectivity index (χ4n) is 3.17. The van der Waals surface area contributed by atoms with Gasteiger partial charge in [-0.3, -0.25) is 9.80 Å². The van der Waals surface area contributed by atoms with E-state index in [1.807, 2.05) is 18.2 Å². The van der Waals surface area contributed by atoms with Gasteiger partial charge in [-0.05, 0) is 35.4 Å². The summed E-state index contributed by atoms with van der Waals surface area (Å²) >= 11 is 5.96. The normalized spacial score (nSPS) is 16.0. The fourth-order valence-corrected chi connectivity index (χ4v) is 3.30. The van der Waals surface area contributed by atoms with E-state index in [0.717, 1.165) is 55.8 Å². The van der Waals surface area contributed by atoms with Crippen LogP contribution in [0, 0.1) is 0 Å². The van der Waals surface area contributed by atoms with Crippen LogP contribution in [-0.2, 0) is 13.1 Å². The summed E-state index contributed by atoms with van der Waals surface area (Å²) in [6.07, 6.45) is 0. The van der Waals surface area contributed by atoms with Crippen LogP contribution in [0.5, 0.6) is 11.5 Å². The van der Waals surface area contributed by atoms with E-state index < -0.39 is 0 Å². The van der Waals surface area contributed by atoms with Gasteiger partial charge in [-0.2, -0.15) is 0 Å². The molecule has 0 aliphatic carbocycles. The van der Waals surface area contributed by atoms with E-state index in [0.29, 0.717) is 0 Å². The smallest absolute Gasteiger partial charge is 0.122 e. The highest BCUT2D eigenvalue weighted by Crippen LogP contribution is 2.24. The van der Waals surface area contributed by atoms with Gasteiger partial charge in [0.05, 0.1) is 14.2 Å². The molecule has 25 heavy (non-hydrogen) atoms. The Kier molecular flexibility index (Phi) is 6.19. The van der Waals surface area contributed by atoms with Crippen LogP contribution in [0.1, 0.15) is 11.1 Å². The van der Waals surface area contributed by atoms with Crippen molar-refractivity contribution >= 4 is 11.6 Å². The van der Waals surface area contributed by atoms with Gasteiger partial charge in [0.15, 0.2) is 0 Å². The maximum absolute atomic E-state index is 5.96. The maximum atomic E-state index is 5.96. The van der Waals surface area contributed by atoms with E-state index in [-0.39, 0.29) is 0 Å². The zero-order chi connectivity index (χ0) is 17.6. The molecule has 0 saturated carbocycles. The predicted octanol–water partition coefficient (Wildman–Crippen LogP) is 3.68. The summed E-state index contributed by atoms with van der Waals surface area (Å²) in [6, 6.07) is 14.2. The number of methoxy groups -OCH3 is 2. The lowest BCUT2D eigenvalue weighted by atomic mass is 10.1. The molecule has 3 rings (SSSR count). The molecule has 0 N–H and O–H groups in total. The highest BCUT2D eigenvalue weighted by Gasteiger charge is 2.17. The van der Waals surface area contributed by atoms with Crippen molar-refractivity contribution in [3.05, 3.63) is 58.6 Å². The lowest BCUT2D eigenvalue weighted by molar-refractivity contribution is 0.122. The van der Waals surface area contributed by atoms with Crippen molar-refractivity contribution in [3.63, 3.8) is 0 Å². The molecule has 0 bridgehead atoms. The quantitative estimate of drug-likeness (QED) is 0.784. The SMILES string of the molecule is COc1cc(CN2CCN(Cc3ccc(Cl)cc3)CC2)cc(OC)c1. The zero-order valence-electron chi connectivity index (χ0n) is 14.9. The van der Waals surface area contributed by atoms with Crippen LogP contribution in [0.2, 0.25) is 5.02 Å². The largest absolute Gasteiger partial charge is 0.497 e. The molecule has 1 saturated heterocycles. The molecule has 134 valence electrons. The Balaban J connectivity index is 1.53. The van der Waals surface area contributed by atoms with Gasteiger partial charge in [0, 0.05) is 50.4 Å². The summed E-state index contributed by atoms with van der Waals surface area (Å²) in [5.74, 6) is 1.69. The van der Waals surface area contributed by atoms with E-state index in [1.54, 1.807) is 14.2 Å². The average molecular weight is 361 g/mol. The molecule has 0 amide bonds. The van der Waals surface area contributed by atoms with Crippen LogP contribution in [0.15, 0.2) is 42.5 Å². The molecule has 2 aromatic carbocycles. The second-order valence-corrected chi connectivity index (χ2v) is 6.84. The van der Waals surface area contributed by atoms with Crippen LogP contribution in [-0.4, -0.2) is 50.2 Å². The number of hydrogen-bond acceptors (Lipinski definition) is 4. The highest BCUT2D eigenvalue weighted by atomic mass is 35.5. The molecule has 0 atom stereocenters. The van der Waals surface area contributed by atoms with E-state index >= 15 is 0 Å². The summed E-state index contributed by atoms with van der Waals surface area (Å²) in [6.45, 7) is 6.17. The molecule has 1 fully saturated rings. The number of ether oxygens (including phenoxy) is 2. The number of benzene rings is 2. The molecule has 2 aromatic rings. The third kappa shape index (κ3) is 5.11. The third-order valence-electron chi connectivity index (χ3n) is 4.60. The van der Waals surface area contributed by atoms with Crippen molar-refractivity contribution in [2.75, 3.05) is 40.4 Å². The molecule has 0 aromatic heterocycles. The summed E-state index contributed by atoms with van der Waals surface area (Å²) in [5, 5.41) is 0.794. The Morgan fingerprint density at radius 1 is 0.760 bits per heavy atom. The van der Waals surface area contributed by atoms with Crippen molar-refractivity contribution < 1.29 is 9.47 Å². The van der Waals surface area contributed by atoms with Crippen molar-refractivity contribution in [2.45, 2.75) is 13.1 Å². The Bertz CT molecular complexity index is 660. The summed E-state index contributed by atoms with van der Waals surface area (Å²) in [5.41, 5.74) is 2.54. The summed E-state index contributed by atoms with van der Waals surface area (Å²) in [7, 11) is 3.38. The zero-order valence-corrected chi connectivity index (χ0v) is 15.6. The van der Waals surface area contributed by atoms with Gasteiger partial charge >= 0.3 is 0 Å². The van der Waals surface area contributed by atoms with Crippen LogP contribution >= 0.6 is 11.6 Å². The van der Waals surface area contributed by atoms with Crippen LogP contribution in [0.3, 0.4) is 0 Å². The Labute approximate surface area is 154 Å². The minimum absolute atomic E-state index is 0.794. The average Bonchev–Trinajstić information content (AvgIpc) is 2.65. The van der Waals surface area contributed by atoms with Crippen molar-refractivity contribution in [2.24, 2.45) is 0 Å². The van der Waals surface area contributed by atoms with Gasteiger partial charge < -0.3 is 9.47 Å². The molecule has 1 heterocycles. The fraction of sp³-hybridized carbons (Fsp3) is 0.400. The first-order valence-corrected chi connectivity index (χ1v) is 8.95. The molecular weight excluding hydrogens is 336 g/mol. The number of nitrogens with zero attached hydrogens (tertiary/aromatic N) is 2. The van der Waals surface area contributed by atoms with Crippen molar-refractivity contribution in [1.29, 1.82) is 0 Å². The summed E-state index contributed by atoms with van der Waals surface area (Å²) in [4.78, 5) is 4.97. The number of rotatable bonds is 6. The first-order valence-electron chi connectivity index (χ1n) is 8.57. The minimum atomic E-state index is 0.794. The van der Waals surface area contributed by atoms with Crippen molar-refractivity contribution in [3.8, 4) is 11.5 Å². The molecule has 5 heteroatoms. The van der Waals surface area contributed by atoms with E-state index in [9.17, 15) is 0 Å². The monoisotopic (exact) mass is 360 g/mol. The molecule has 0 unspecified atom stereocenters. The Morgan fingerprint density at radius 2 is 1.24 bits per heavy atom. The first-order chi connectivity index (χ1) is 12.2. The number of piperazine rings is 1. The molecule has 1 aliphatic rings. The number of halogens is 1. The number of hydrogen-bond donors (Lipinski definition) is 0. The van der Waals surface area contributed by atoms with Gasteiger partial charge in [0.1, 0.15) is 11.5 Å². The lowest BCUT2D eigenvalue weighted by Gasteiger charge is -2.34. The maximum Gasteiger partial charge on any atom is 0.122 e. The minimum Gasteiger partial charge on any atom is -0.497 e. The van der Waals surface area contributed by atoms with Gasteiger partial charge in [0.2, 0.25) is 0 Å². The van der Waals surface area contributed by atoms with Gasteiger partial charge in [-0.15, -0.1) is 0 Å². The van der Waals surface area contributed by atoms with Gasteiger partial charge in [-0.25, -0.2) is 0 Å². The topological polar surface area (TPSA) is 24.9 Å². The second kappa shape index (κ2) is 8.56. The Hall–Kier alpha value is -1.75. The molecule has 0 spiro atoms. The third-order valence-corrected chi connectivity index (χ3v) is 4.85. The molecule has 4 nitrogen and oxygen atoms in total. The van der Waals surface area contributed by atoms with Crippen LogP contribution in [0.25, 0.3) is 0 Å². The first kappa shape index (κ1) is 18.1. The van der Waals surface area contributed by atoms with Gasteiger partial charge in [-0.1, -0.05) is 23.7 Å². The van der Waals surface area contributed by atoms with E-state index in [1.165, 1.54) is 11.1 Å². The van der Waals surface area contributed by atoms with Crippen LogP contribution in [0.4, 0.5) is 0 Å². The van der Waals surface area contributed by atoms with E-state index in [4.69, 9.17) is 21.1 Å². The standard InChI is InChI=1S/C20H25ClN2O2/c1-24-19-11-17(12-20(13-19)25-2)15-23-9-7-22(8-10-23)14-16-3-5-18(21)6-4-16/h3-6,11-13H,7-10,14-15H2,1-2H3. The highest BCUT2D eigenvalue weighted by molar-refractivity contribution is 6.30. The molecule has 0 radical (unpaired) electrons. The van der Waals surface area contributed by atoms with E-state index in [2.05, 4.69) is 34.1 Å².